The minimum atomic E-state index is -0.298. The second kappa shape index (κ2) is 12.5. The summed E-state index contributed by atoms with van der Waals surface area (Å²) in [5.41, 5.74) is 1.64. The van der Waals surface area contributed by atoms with Gasteiger partial charge in [0.1, 0.15) is 5.82 Å². The third kappa shape index (κ3) is 8.10. The fourth-order valence-corrected chi connectivity index (χ4v) is 2.79. The van der Waals surface area contributed by atoms with Gasteiger partial charge in [-0.3, -0.25) is 4.79 Å². The Morgan fingerprint density at radius 2 is 1.78 bits per heavy atom. The lowest BCUT2D eigenvalue weighted by Crippen LogP contribution is -2.26. The summed E-state index contributed by atoms with van der Waals surface area (Å²) in [6.45, 7) is 5.75. The van der Waals surface area contributed by atoms with Gasteiger partial charge >= 0.3 is 0 Å². The van der Waals surface area contributed by atoms with Crippen LogP contribution in [0.3, 0.4) is 0 Å². The summed E-state index contributed by atoms with van der Waals surface area (Å²) >= 11 is 0. The van der Waals surface area contributed by atoms with Gasteiger partial charge in [-0.25, -0.2) is 4.39 Å². The van der Waals surface area contributed by atoms with Crippen LogP contribution in [0.25, 0.3) is 10.9 Å². The Kier molecular flexibility index (Phi) is 9.87. The number of aromatic amines is 1. The lowest BCUT2D eigenvalue weighted by atomic mass is 10.1. The molecule has 0 aliphatic rings. The van der Waals surface area contributed by atoms with Gasteiger partial charge in [0.15, 0.2) is 0 Å². The number of hydrogen-bond donors (Lipinski definition) is 2. The number of unbranched alkanes of at least 4 members (excludes halogenated alkanes) is 2. The molecule has 0 fully saturated rings. The molecule has 1 amide bonds. The molecule has 0 aliphatic carbocycles. The van der Waals surface area contributed by atoms with E-state index in [4.69, 9.17) is 9.47 Å². The maximum Gasteiger partial charge on any atom is 0.224 e. The van der Waals surface area contributed by atoms with E-state index >= 15 is 0 Å². The molecule has 0 saturated heterocycles. The summed E-state index contributed by atoms with van der Waals surface area (Å²) in [6.07, 6.45) is 7.09. The van der Waals surface area contributed by atoms with Crippen molar-refractivity contribution in [1.82, 2.24) is 10.3 Å². The Bertz CT molecular complexity index is 687. The number of amides is 1. The third-order valence-electron chi connectivity index (χ3n) is 4.34. The molecule has 2 aromatic rings. The van der Waals surface area contributed by atoms with Crippen molar-refractivity contribution < 1.29 is 18.7 Å². The molecule has 2 N–H and O–H groups in total. The average molecular weight is 378 g/mol. The standard InChI is InChI=1S/C21H31FN2O3/c1-2-3-10-26-11-4-5-12-27-13-6-9-23-21(25)14-17-16-24-20-8-7-18(22)15-19(17)20/h7-8,15-16,24H,2-6,9-14H2,1H3,(H,23,25). The highest BCUT2D eigenvalue weighted by Gasteiger charge is 2.09. The first-order valence-electron chi connectivity index (χ1n) is 9.88. The Balaban J connectivity index is 1.49. The van der Waals surface area contributed by atoms with Crippen molar-refractivity contribution in [1.29, 1.82) is 0 Å². The number of aromatic nitrogens is 1. The van der Waals surface area contributed by atoms with Crippen LogP contribution in [0.5, 0.6) is 0 Å². The van der Waals surface area contributed by atoms with E-state index in [9.17, 15) is 9.18 Å². The number of benzene rings is 1. The molecular weight excluding hydrogens is 347 g/mol. The Morgan fingerprint density at radius 1 is 1.07 bits per heavy atom. The van der Waals surface area contributed by atoms with Crippen molar-refractivity contribution >= 4 is 16.8 Å². The van der Waals surface area contributed by atoms with Gasteiger partial charge in [0.05, 0.1) is 6.42 Å². The zero-order valence-corrected chi connectivity index (χ0v) is 16.2. The van der Waals surface area contributed by atoms with E-state index in [0.717, 1.165) is 62.0 Å². The Hall–Kier alpha value is -1.92. The number of carbonyl (C=O) groups is 1. The van der Waals surface area contributed by atoms with Crippen LogP contribution in [0.4, 0.5) is 4.39 Å². The second-order valence-corrected chi connectivity index (χ2v) is 6.67. The summed E-state index contributed by atoms with van der Waals surface area (Å²) < 4.78 is 24.4. The zero-order chi connectivity index (χ0) is 19.3. The van der Waals surface area contributed by atoms with Crippen LogP contribution in [0, 0.1) is 5.82 Å². The summed E-state index contributed by atoms with van der Waals surface area (Å²) in [5.74, 6) is -0.363. The molecule has 1 aromatic heterocycles. The molecule has 1 heterocycles. The predicted molar refractivity (Wildman–Crippen MR) is 105 cm³/mol. The number of H-pyrrole nitrogens is 1. The van der Waals surface area contributed by atoms with Crippen LogP contribution in [0.1, 0.15) is 44.6 Å². The van der Waals surface area contributed by atoms with Crippen molar-refractivity contribution in [3.63, 3.8) is 0 Å². The van der Waals surface area contributed by atoms with Gasteiger partial charge in [-0.2, -0.15) is 0 Å². The zero-order valence-electron chi connectivity index (χ0n) is 16.2. The number of ether oxygens (including phenoxy) is 2. The largest absolute Gasteiger partial charge is 0.381 e. The lowest BCUT2D eigenvalue weighted by molar-refractivity contribution is -0.120. The predicted octanol–water partition coefficient (Wildman–Crippen LogP) is 3.97. The number of nitrogens with one attached hydrogen (secondary N) is 2. The Morgan fingerprint density at radius 3 is 2.52 bits per heavy atom. The van der Waals surface area contributed by atoms with E-state index in [1.807, 2.05) is 0 Å². The van der Waals surface area contributed by atoms with Crippen LogP contribution in [-0.2, 0) is 20.7 Å². The van der Waals surface area contributed by atoms with E-state index in [1.165, 1.54) is 18.6 Å². The summed E-state index contributed by atoms with van der Waals surface area (Å²) in [4.78, 5) is 15.1. The quantitative estimate of drug-likeness (QED) is 0.489. The minimum absolute atomic E-state index is 0.0654. The maximum absolute atomic E-state index is 13.4. The molecule has 6 heteroatoms. The molecule has 1 aromatic carbocycles. The van der Waals surface area contributed by atoms with Crippen molar-refractivity contribution in [2.24, 2.45) is 0 Å². The van der Waals surface area contributed by atoms with Crippen LogP contribution in [-0.4, -0.2) is 43.9 Å². The normalized spacial score (nSPS) is 11.2. The molecule has 0 spiro atoms. The van der Waals surface area contributed by atoms with E-state index in [1.54, 1.807) is 12.3 Å². The highest BCUT2D eigenvalue weighted by Crippen LogP contribution is 2.19. The Labute approximate surface area is 160 Å². The van der Waals surface area contributed by atoms with Crippen LogP contribution in [0.2, 0.25) is 0 Å². The molecule has 0 saturated carbocycles. The summed E-state index contributed by atoms with van der Waals surface area (Å²) in [6, 6.07) is 4.54. The van der Waals surface area contributed by atoms with Gasteiger partial charge in [0, 0.05) is 50.1 Å². The van der Waals surface area contributed by atoms with Gasteiger partial charge in [-0.05, 0) is 49.4 Å². The van der Waals surface area contributed by atoms with Gasteiger partial charge in [0.25, 0.3) is 0 Å². The van der Waals surface area contributed by atoms with Gasteiger partial charge < -0.3 is 19.8 Å². The number of hydrogen-bond acceptors (Lipinski definition) is 3. The highest BCUT2D eigenvalue weighted by atomic mass is 19.1. The fraction of sp³-hybridized carbons (Fsp3) is 0.571. The van der Waals surface area contributed by atoms with Gasteiger partial charge in [-0.1, -0.05) is 13.3 Å². The summed E-state index contributed by atoms with van der Waals surface area (Å²) in [5, 5.41) is 3.64. The fourth-order valence-electron chi connectivity index (χ4n) is 2.79. The molecule has 0 radical (unpaired) electrons. The first-order chi connectivity index (χ1) is 13.2. The molecule has 0 aliphatic heterocycles. The van der Waals surface area contributed by atoms with Gasteiger partial charge in [0.2, 0.25) is 5.91 Å². The number of halogens is 1. The van der Waals surface area contributed by atoms with Crippen molar-refractivity contribution in [3.8, 4) is 0 Å². The number of fused-ring (bicyclic) bond motifs is 1. The van der Waals surface area contributed by atoms with Crippen molar-refractivity contribution in [2.75, 3.05) is 33.0 Å². The maximum atomic E-state index is 13.4. The number of rotatable bonds is 14. The first-order valence-corrected chi connectivity index (χ1v) is 9.88. The van der Waals surface area contributed by atoms with Crippen LogP contribution >= 0.6 is 0 Å². The summed E-state index contributed by atoms with van der Waals surface area (Å²) in [7, 11) is 0. The molecule has 2 rings (SSSR count). The topological polar surface area (TPSA) is 63.4 Å². The smallest absolute Gasteiger partial charge is 0.224 e. The van der Waals surface area contributed by atoms with Gasteiger partial charge in [-0.15, -0.1) is 0 Å². The highest BCUT2D eigenvalue weighted by molar-refractivity contribution is 5.88. The first kappa shape index (κ1) is 21.4. The van der Waals surface area contributed by atoms with Crippen LogP contribution in [0.15, 0.2) is 24.4 Å². The molecule has 0 atom stereocenters. The van der Waals surface area contributed by atoms with Crippen LogP contribution < -0.4 is 5.32 Å². The molecule has 0 unspecified atom stereocenters. The van der Waals surface area contributed by atoms with E-state index in [2.05, 4.69) is 17.2 Å². The monoisotopic (exact) mass is 378 g/mol. The van der Waals surface area contributed by atoms with Crippen molar-refractivity contribution in [2.45, 2.75) is 45.4 Å². The molecule has 0 bridgehead atoms. The van der Waals surface area contributed by atoms with Crippen molar-refractivity contribution in [3.05, 3.63) is 35.8 Å². The molecule has 150 valence electrons. The molecule has 27 heavy (non-hydrogen) atoms. The SMILES string of the molecule is CCCCOCCCCOCCCNC(=O)Cc1c[nH]c2ccc(F)cc12. The minimum Gasteiger partial charge on any atom is -0.381 e. The van der Waals surface area contributed by atoms with E-state index < -0.39 is 0 Å². The second-order valence-electron chi connectivity index (χ2n) is 6.67. The third-order valence-corrected chi connectivity index (χ3v) is 4.34. The molecular formula is C21H31FN2O3. The number of carbonyl (C=O) groups excluding carboxylic acids is 1. The molecule has 5 nitrogen and oxygen atoms in total. The lowest BCUT2D eigenvalue weighted by Gasteiger charge is -2.07. The average Bonchev–Trinajstić information content (AvgIpc) is 3.04. The van der Waals surface area contributed by atoms with E-state index in [0.29, 0.717) is 13.2 Å². The van der Waals surface area contributed by atoms with E-state index in [-0.39, 0.29) is 18.1 Å².